The van der Waals surface area contributed by atoms with Gasteiger partial charge in [-0.15, -0.1) is 0 Å². The number of carbonyl (C=O) groups is 2. The average Bonchev–Trinajstić information content (AvgIpc) is 3.25. The highest BCUT2D eigenvalue weighted by Gasteiger charge is 2.35. The molecule has 1 aliphatic heterocycles. The molecule has 0 unspecified atom stereocenters. The van der Waals surface area contributed by atoms with Gasteiger partial charge in [0.1, 0.15) is 23.7 Å². The van der Waals surface area contributed by atoms with Crippen molar-refractivity contribution in [3.63, 3.8) is 0 Å². The van der Waals surface area contributed by atoms with Gasteiger partial charge < -0.3 is 33.3 Å². The summed E-state index contributed by atoms with van der Waals surface area (Å²) in [6, 6.07) is 7.74. The van der Waals surface area contributed by atoms with Crippen molar-refractivity contribution in [3.05, 3.63) is 30.0 Å². The zero-order chi connectivity index (χ0) is 28.6. The molecular formula is C30H47N3O6. The lowest BCUT2D eigenvalue weighted by atomic mass is 10.0. The van der Waals surface area contributed by atoms with Crippen molar-refractivity contribution in [3.8, 4) is 5.75 Å². The Kier molecular flexibility index (Phi) is 11.1. The predicted molar refractivity (Wildman–Crippen MR) is 153 cm³/mol. The van der Waals surface area contributed by atoms with Crippen LogP contribution in [0.2, 0.25) is 0 Å². The normalized spacial score (nSPS) is 16.1. The van der Waals surface area contributed by atoms with Crippen LogP contribution in [-0.2, 0) is 20.8 Å². The number of piperidine rings is 1. The third-order valence-electron chi connectivity index (χ3n) is 6.86. The zero-order valence-corrected chi connectivity index (χ0v) is 24.8. The summed E-state index contributed by atoms with van der Waals surface area (Å²) in [5.74, 6) is 0.701. The molecule has 0 bridgehead atoms. The molecule has 0 radical (unpaired) electrons. The first-order chi connectivity index (χ1) is 18.6. The predicted octanol–water partition coefficient (Wildman–Crippen LogP) is 5.34. The van der Waals surface area contributed by atoms with E-state index < -0.39 is 5.60 Å². The smallest absolute Gasteiger partial charge is 0.410 e. The molecule has 9 heteroatoms. The minimum atomic E-state index is -0.565. The zero-order valence-electron chi connectivity index (χ0n) is 24.8. The molecule has 39 heavy (non-hydrogen) atoms. The van der Waals surface area contributed by atoms with Crippen LogP contribution < -0.4 is 4.74 Å². The lowest BCUT2D eigenvalue weighted by Gasteiger charge is -2.41. The molecule has 9 nitrogen and oxygen atoms in total. The second-order valence-corrected chi connectivity index (χ2v) is 11.4. The quantitative estimate of drug-likeness (QED) is 0.335. The molecule has 1 aromatic heterocycles. The molecule has 1 atom stereocenters. The van der Waals surface area contributed by atoms with Crippen molar-refractivity contribution < 1.29 is 28.5 Å². The molecule has 1 aromatic carbocycles. The van der Waals surface area contributed by atoms with E-state index in [-0.39, 0.29) is 24.1 Å². The van der Waals surface area contributed by atoms with Gasteiger partial charge in [-0.05, 0) is 72.4 Å². The van der Waals surface area contributed by atoms with E-state index in [1.54, 1.807) is 19.1 Å². The van der Waals surface area contributed by atoms with Crippen LogP contribution in [0.15, 0.2) is 24.3 Å². The Balaban J connectivity index is 1.95. The van der Waals surface area contributed by atoms with Gasteiger partial charge >= 0.3 is 6.09 Å². The number of fused-ring (bicyclic) bond motifs is 1. The van der Waals surface area contributed by atoms with Gasteiger partial charge in [0.25, 0.3) is 5.91 Å². The number of ether oxygens (including phenoxy) is 4. The van der Waals surface area contributed by atoms with Crippen LogP contribution in [0.5, 0.6) is 5.75 Å². The average molecular weight is 546 g/mol. The lowest BCUT2D eigenvalue weighted by molar-refractivity contribution is 0.00733. The molecule has 1 fully saturated rings. The minimum Gasteiger partial charge on any atom is -0.489 e. The topological polar surface area (TPSA) is 82.5 Å². The van der Waals surface area contributed by atoms with E-state index in [9.17, 15) is 9.59 Å². The summed E-state index contributed by atoms with van der Waals surface area (Å²) in [5, 5.41) is 0.961. The Morgan fingerprint density at radius 2 is 1.82 bits per heavy atom. The number of likely N-dealkylation sites (tertiary alicyclic amines) is 1. The van der Waals surface area contributed by atoms with Gasteiger partial charge in [0.2, 0.25) is 0 Å². The lowest BCUT2D eigenvalue weighted by Crippen LogP contribution is -2.54. The summed E-state index contributed by atoms with van der Waals surface area (Å²) in [6.45, 7) is 13.0. The summed E-state index contributed by atoms with van der Waals surface area (Å²) in [6.07, 6.45) is 3.08. The van der Waals surface area contributed by atoms with E-state index in [0.717, 1.165) is 42.3 Å². The van der Waals surface area contributed by atoms with Crippen molar-refractivity contribution in [2.75, 3.05) is 47.1 Å². The van der Waals surface area contributed by atoms with Gasteiger partial charge in [-0.1, -0.05) is 12.1 Å². The number of carbonyl (C=O) groups excluding carboxylic acids is 2. The van der Waals surface area contributed by atoms with Gasteiger partial charge in [0, 0.05) is 51.9 Å². The molecule has 0 N–H and O–H groups in total. The fourth-order valence-corrected chi connectivity index (χ4v) is 5.20. The summed E-state index contributed by atoms with van der Waals surface area (Å²) in [7, 11) is 3.35. The molecule has 3 rings (SSSR count). The molecule has 218 valence electrons. The molecular weight excluding hydrogens is 498 g/mol. The van der Waals surface area contributed by atoms with Gasteiger partial charge in [0.15, 0.2) is 0 Å². The number of para-hydroxylation sites is 1. The van der Waals surface area contributed by atoms with E-state index in [1.807, 2.05) is 63.8 Å². The van der Waals surface area contributed by atoms with Crippen molar-refractivity contribution in [1.82, 2.24) is 14.4 Å². The van der Waals surface area contributed by atoms with Crippen LogP contribution >= 0.6 is 0 Å². The Morgan fingerprint density at radius 1 is 1.08 bits per heavy atom. The summed E-state index contributed by atoms with van der Waals surface area (Å²) < 4.78 is 24.2. The fraction of sp³-hybridized carbons (Fsp3) is 0.667. The van der Waals surface area contributed by atoms with Crippen molar-refractivity contribution in [2.24, 2.45) is 0 Å². The largest absolute Gasteiger partial charge is 0.489 e. The van der Waals surface area contributed by atoms with Crippen LogP contribution in [0.3, 0.4) is 0 Å². The maximum absolute atomic E-state index is 14.3. The first-order valence-corrected chi connectivity index (χ1v) is 14.1. The van der Waals surface area contributed by atoms with Gasteiger partial charge in [-0.25, -0.2) is 4.79 Å². The molecule has 1 saturated heterocycles. The molecule has 1 aliphatic rings. The van der Waals surface area contributed by atoms with Crippen LogP contribution in [0.1, 0.15) is 70.8 Å². The summed E-state index contributed by atoms with van der Waals surface area (Å²) >= 11 is 0. The molecule has 0 spiro atoms. The highest BCUT2D eigenvalue weighted by atomic mass is 16.6. The number of aryl methyl sites for hydroxylation is 1. The molecule has 0 saturated carbocycles. The fourth-order valence-electron chi connectivity index (χ4n) is 5.20. The maximum atomic E-state index is 14.3. The molecule has 2 aromatic rings. The molecule has 2 heterocycles. The van der Waals surface area contributed by atoms with Crippen molar-refractivity contribution >= 4 is 22.9 Å². The van der Waals surface area contributed by atoms with E-state index in [2.05, 4.69) is 4.57 Å². The van der Waals surface area contributed by atoms with E-state index in [1.165, 1.54) is 0 Å². The van der Waals surface area contributed by atoms with E-state index in [4.69, 9.17) is 18.9 Å². The standard InChI is InChI=1S/C30H47N3O6/c1-22(2)33(24-13-11-15-31(21-24)29(35)39-30(3,4)5)28(34)25-20-23-12-10-14-26(38-19-18-37-7)27(23)32(25)16-8-9-17-36-6/h10,12,14,20,22,24H,8-9,11,13,15-19,21H2,1-7H3/t24-/m1/s1. The Labute approximate surface area is 233 Å². The third kappa shape index (κ3) is 8.11. The highest BCUT2D eigenvalue weighted by Crippen LogP contribution is 2.32. The summed E-state index contributed by atoms with van der Waals surface area (Å²) in [4.78, 5) is 30.9. The monoisotopic (exact) mass is 545 g/mol. The van der Waals surface area contributed by atoms with Gasteiger partial charge in [0.05, 0.1) is 18.2 Å². The van der Waals surface area contributed by atoms with Crippen molar-refractivity contribution in [1.29, 1.82) is 0 Å². The first kappa shape index (κ1) is 30.8. The number of hydrogen-bond acceptors (Lipinski definition) is 6. The number of benzene rings is 1. The van der Waals surface area contributed by atoms with Gasteiger partial charge in [-0.2, -0.15) is 0 Å². The Bertz CT molecular complexity index is 1090. The van der Waals surface area contributed by atoms with Crippen LogP contribution in [0.4, 0.5) is 4.79 Å². The molecule has 0 aliphatic carbocycles. The SMILES string of the molecule is COCCCCn1c(C(=O)N(C(C)C)[C@@H]2CCCN(C(=O)OC(C)(C)C)C2)cc2cccc(OCCOC)c21. The van der Waals surface area contributed by atoms with E-state index in [0.29, 0.717) is 45.1 Å². The number of methoxy groups -OCH3 is 2. The minimum absolute atomic E-state index is 0.0354. The first-order valence-electron chi connectivity index (χ1n) is 14.1. The third-order valence-corrected chi connectivity index (χ3v) is 6.86. The number of rotatable bonds is 12. The number of aromatic nitrogens is 1. The van der Waals surface area contributed by atoms with Crippen LogP contribution in [0.25, 0.3) is 10.9 Å². The number of unbranched alkanes of at least 4 members (excludes halogenated alkanes) is 1. The number of hydrogen-bond donors (Lipinski definition) is 0. The Morgan fingerprint density at radius 3 is 2.49 bits per heavy atom. The van der Waals surface area contributed by atoms with Crippen LogP contribution in [0, 0.1) is 0 Å². The second kappa shape index (κ2) is 14.0. The Hall–Kier alpha value is -2.78. The van der Waals surface area contributed by atoms with Crippen molar-refractivity contribution in [2.45, 2.75) is 84.5 Å². The maximum Gasteiger partial charge on any atom is 0.410 e. The summed E-state index contributed by atoms with van der Waals surface area (Å²) in [5.41, 5.74) is 0.982. The number of amides is 2. The second-order valence-electron chi connectivity index (χ2n) is 11.4. The highest BCUT2D eigenvalue weighted by molar-refractivity contribution is 6.00. The van der Waals surface area contributed by atoms with Gasteiger partial charge in [-0.3, -0.25) is 4.79 Å². The van der Waals surface area contributed by atoms with E-state index >= 15 is 0 Å². The van der Waals surface area contributed by atoms with Crippen LogP contribution in [-0.4, -0.2) is 91.2 Å². The molecule has 2 amide bonds. The number of nitrogens with zero attached hydrogens (tertiary/aromatic N) is 3.